The predicted octanol–water partition coefficient (Wildman–Crippen LogP) is 2.86. The first-order chi connectivity index (χ1) is 14.3. The minimum atomic E-state index is -0.215. The van der Waals surface area contributed by atoms with Crippen LogP contribution in [0.3, 0.4) is 0 Å². The monoisotopic (exact) mass is 398 g/mol. The Kier molecular flexibility index (Phi) is 12.0. The molecule has 0 saturated carbocycles. The number of amides is 1. The summed E-state index contributed by atoms with van der Waals surface area (Å²) >= 11 is 0. The van der Waals surface area contributed by atoms with Gasteiger partial charge in [-0.15, -0.1) is 0 Å². The zero-order chi connectivity index (χ0) is 20.6. The molecule has 1 unspecified atom stereocenters. The molecule has 1 aliphatic carbocycles. The molecule has 29 heavy (non-hydrogen) atoms. The van der Waals surface area contributed by atoms with Crippen molar-refractivity contribution in [3.8, 4) is 0 Å². The molecule has 5 heteroatoms. The van der Waals surface area contributed by atoms with Crippen LogP contribution in [0, 0.1) is 0 Å². The van der Waals surface area contributed by atoms with Crippen LogP contribution in [-0.2, 0) is 4.79 Å². The maximum atomic E-state index is 12.9. The van der Waals surface area contributed by atoms with Gasteiger partial charge in [-0.3, -0.25) is 4.79 Å². The molecule has 0 bridgehead atoms. The van der Waals surface area contributed by atoms with Gasteiger partial charge in [-0.2, -0.15) is 0 Å². The molecule has 0 aliphatic heterocycles. The van der Waals surface area contributed by atoms with Crippen LogP contribution >= 0.6 is 0 Å². The number of benzene rings is 1. The maximum absolute atomic E-state index is 12.9. The van der Waals surface area contributed by atoms with Gasteiger partial charge in [-0.1, -0.05) is 48.6 Å². The summed E-state index contributed by atoms with van der Waals surface area (Å²) in [5.74, 6) is -0.120. The third-order valence-electron chi connectivity index (χ3n) is 5.10. The number of carbonyl (C=O) groups is 1. The number of hydrogen-bond donors (Lipinski definition) is 4. The second-order valence-electron chi connectivity index (χ2n) is 7.52. The Labute approximate surface area is 176 Å². The summed E-state index contributed by atoms with van der Waals surface area (Å²) in [6, 6.07) is 10.1. The van der Waals surface area contributed by atoms with E-state index in [0.717, 1.165) is 69.5 Å². The highest BCUT2D eigenvalue weighted by Gasteiger charge is 2.23. The smallest absolute Gasteiger partial charge is 0.231 e. The molecule has 1 aromatic rings. The van der Waals surface area contributed by atoms with E-state index in [1.165, 1.54) is 12.8 Å². The van der Waals surface area contributed by atoms with Crippen molar-refractivity contribution in [3.63, 3.8) is 0 Å². The number of unbranched alkanes of at least 4 members (excludes halogenated alkanes) is 1. The van der Waals surface area contributed by atoms with Gasteiger partial charge in [0.1, 0.15) is 0 Å². The molecule has 1 aliphatic rings. The Balaban J connectivity index is 1.63. The van der Waals surface area contributed by atoms with Crippen LogP contribution < -0.4 is 21.7 Å². The SMILES string of the molecule is NCCCNCCCCNCCCNC(=O)C(C1=CCCC=C1)c1ccccc1. The fourth-order valence-corrected chi connectivity index (χ4v) is 3.49. The van der Waals surface area contributed by atoms with Crippen LogP contribution in [0.2, 0.25) is 0 Å². The summed E-state index contributed by atoms with van der Waals surface area (Å²) in [4.78, 5) is 12.9. The summed E-state index contributed by atoms with van der Waals surface area (Å²) in [5.41, 5.74) is 7.64. The molecule has 5 nitrogen and oxygen atoms in total. The average molecular weight is 399 g/mol. The lowest BCUT2D eigenvalue weighted by atomic mass is 9.87. The van der Waals surface area contributed by atoms with Crippen molar-refractivity contribution < 1.29 is 4.79 Å². The van der Waals surface area contributed by atoms with Gasteiger partial charge < -0.3 is 21.7 Å². The lowest BCUT2D eigenvalue weighted by Gasteiger charge is -2.20. The van der Waals surface area contributed by atoms with Crippen LogP contribution in [0.15, 0.2) is 54.1 Å². The summed E-state index contributed by atoms with van der Waals surface area (Å²) in [7, 11) is 0. The Morgan fingerprint density at radius 1 is 0.897 bits per heavy atom. The van der Waals surface area contributed by atoms with Crippen LogP contribution in [0.1, 0.15) is 50.0 Å². The van der Waals surface area contributed by atoms with Gasteiger partial charge in [-0.25, -0.2) is 0 Å². The van der Waals surface area contributed by atoms with Crippen molar-refractivity contribution in [2.45, 2.75) is 44.4 Å². The maximum Gasteiger partial charge on any atom is 0.231 e. The highest BCUT2D eigenvalue weighted by Crippen LogP contribution is 2.28. The Morgan fingerprint density at radius 2 is 1.59 bits per heavy atom. The second kappa shape index (κ2) is 15.0. The second-order valence-corrected chi connectivity index (χ2v) is 7.52. The fourth-order valence-electron chi connectivity index (χ4n) is 3.49. The summed E-state index contributed by atoms with van der Waals surface area (Å²) in [6.07, 6.45) is 12.9. The van der Waals surface area contributed by atoms with E-state index in [-0.39, 0.29) is 11.8 Å². The van der Waals surface area contributed by atoms with Crippen LogP contribution in [0.5, 0.6) is 0 Å². The number of carbonyl (C=O) groups excluding carboxylic acids is 1. The highest BCUT2D eigenvalue weighted by atomic mass is 16.1. The molecule has 5 N–H and O–H groups in total. The topological polar surface area (TPSA) is 79.2 Å². The van der Waals surface area contributed by atoms with Crippen molar-refractivity contribution in [3.05, 3.63) is 59.7 Å². The highest BCUT2D eigenvalue weighted by molar-refractivity contribution is 5.87. The minimum absolute atomic E-state index is 0.0950. The molecule has 0 radical (unpaired) electrons. The van der Waals surface area contributed by atoms with E-state index in [1.54, 1.807) is 0 Å². The molecular weight excluding hydrogens is 360 g/mol. The molecule has 1 atom stereocenters. The van der Waals surface area contributed by atoms with Crippen molar-refractivity contribution in [1.82, 2.24) is 16.0 Å². The van der Waals surface area contributed by atoms with E-state index in [0.29, 0.717) is 6.54 Å². The van der Waals surface area contributed by atoms with Gasteiger partial charge in [0.2, 0.25) is 5.91 Å². The Morgan fingerprint density at radius 3 is 2.24 bits per heavy atom. The van der Waals surface area contributed by atoms with E-state index in [2.05, 4.69) is 34.2 Å². The van der Waals surface area contributed by atoms with Gasteiger partial charge in [0, 0.05) is 6.54 Å². The molecule has 0 spiro atoms. The van der Waals surface area contributed by atoms with E-state index in [4.69, 9.17) is 5.73 Å². The standard InChI is InChI=1S/C24H38N4O/c25-15-9-18-26-16-7-8-17-27-19-10-20-28-24(29)23(21-11-3-1-4-12-21)22-13-5-2-6-14-22/h1,3-5,11-14,23,26-27H,2,6-10,15-20,25H2,(H,28,29). The van der Waals surface area contributed by atoms with Gasteiger partial charge in [-0.05, 0) is 82.4 Å². The summed E-state index contributed by atoms with van der Waals surface area (Å²) in [6.45, 7) is 5.48. The molecule has 160 valence electrons. The van der Waals surface area contributed by atoms with Gasteiger partial charge in [0.25, 0.3) is 0 Å². The zero-order valence-electron chi connectivity index (χ0n) is 17.7. The predicted molar refractivity (Wildman–Crippen MR) is 122 cm³/mol. The van der Waals surface area contributed by atoms with Crippen molar-refractivity contribution in [2.75, 3.05) is 39.3 Å². The van der Waals surface area contributed by atoms with Gasteiger partial charge in [0.15, 0.2) is 0 Å². The number of hydrogen-bond acceptors (Lipinski definition) is 4. The fraction of sp³-hybridized carbons (Fsp3) is 0.542. The molecule has 0 fully saturated rings. The molecule has 2 rings (SSSR count). The first-order valence-electron chi connectivity index (χ1n) is 11.1. The third-order valence-corrected chi connectivity index (χ3v) is 5.10. The summed E-state index contributed by atoms with van der Waals surface area (Å²) < 4.78 is 0. The lowest BCUT2D eigenvalue weighted by molar-refractivity contribution is -0.121. The minimum Gasteiger partial charge on any atom is -0.355 e. The van der Waals surface area contributed by atoms with Crippen molar-refractivity contribution in [2.24, 2.45) is 5.73 Å². The molecule has 1 aromatic carbocycles. The van der Waals surface area contributed by atoms with E-state index in [1.807, 2.05) is 30.3 Å². The third kappa shape index (κ3) is 9.39. The average Bonchev–Trinajstić information content (AvgIpc) is 2.76. The van der Waals surface area contributed by atoms with E-state index >= 15 is 0 Å². The molecule has 0 saturated heterocycles. The number of nitrogens with two attached hydrogens (primary N) is 1. The lowest BCUT2D eigenvalue weighted by Crippen LogP contribution is -2.32. The van der Waals surface area contributed by atoms with E-state index < -0.39 is 0 Å². The van der Waals surface area contributed by atoms with Crippen LogP contribution in [0.25, 0.3) is 0 Å². The normalized spacial score (nSPS) is 14.4. The summed E-state index contributed by atoms with van der Waals surface area (Å²) in [5, 5.41) is 10.00. The first-order valence-corrected chi connectivity index (χ1v) is 11.1. The van der Waals surface area contributed by atoms with Crippen LogP contribution in [-0.4, -0.2) is 45.2 Å². The van der Waals surface area contributed by atoms with Crippen molar-refractivity contribution in [1.29, 1.82) is 0 Å². The molecular formula is C24H38N4O. The number of nitrogens with one attached hydrogen (secondary N) is 3. The molecule has 1 amide bonds. The zero-order valence-corrected chi connectivity index (χ0v) is 17.7. The Bertz CT molecular complexity index is 627. The van der Waals surface area contributed by atoms with Gasteiger partial charge >= 0.3 is 0 Å². The van der Waals surface area contributed by atoms with E-state index in [9.17, 15) is 4.79 Å². The van der Waals surface area contributed by atoms with Gasteiger partial charge in [0.05, 0.1) is 5.92 Å². The Hall–Kier alpha value is -1.95. The molecule has 0 aromatic heterocycles. The molecule has 0 heterocycles. The first kappa shape index (κ1) is 23.3. The quantitative estimate of drug-likeness (QED) is 0.343. The largest absolute Gasteiger partial charge is 0.355 e. The van der Waals surface area contributed by atoms with Crippen LogP contribution in [0.4, 0.5) is 0 Å². The number of rotatable bonds is 15. The number of allylic oxidation sites excluding steroid dienone is 3. The van der Waals surface area contributed by atoms with Crippen molar-refractivity contribution >= 4 is 5.91 Å².